The average molecular weight is 292 g/mol. The Bertz CT molecular complexity index is 547. The molecular formula is C14H20N4O3. The van der Waals surface area contributed by atoms with Crippen LogP contribution in [0.2, 0.25) is 0 Å². The number of benzene rings is 1. The van der Waals surface area contributed by atoms with E-state index in [9.17, 15) is 14.9 Å². The molecule has 1 unspecified atom stereocenters. The number of amides is 1. The molecule has 21 heavy (non-hydrogen) atoms. The van der Waals surface area contributed by atoms with E-state index in [4.69, 9.17) is 0 Å². The number of carbonyl (C=O) groups is 1. The van der Waals surface area contributed by atoms with Gasteiger partial charge in [-0.25, -0.2) is 0 Å². The highest BCUT2D eigenvalue weighted by atomic mass is 16.6. The lowest BCUT2D eigenvalue weighted by molar-refractivity contribution is -0.385. The van der Waals surface area contributed by atoms with E-state index in [0.29, 0.717) is 18.2 Å². The maximum Gasteiger partial charge on any atom is 0.282 e. The van der Waals surface area contributed by atoms with Gasteiger partial charge in [-0.05, 0) is 38.1 Å². The second-order valence-electron chi connectivity index (χ2n) is 5.37. The lowest BCUT2D eigenvalue weighted by Gasteiger charge is -2.12. The Morgan fingerprint density at radius 2 is 2.29 bits per heavy atom. The summed E-state index contributed by atoms with van der Waals surface area (Å²) in [6.07, 6.45) is 1.04. The van der Waals surface area contributed by atoms with Gasteiger partial charge in [0, 0.05) is 31.9 Å². The molecule has 0 aliphatic carbocycles. The largest absolute Gasteiger partial charge is 0.388 e. The summed E-state index contributed by atoms with van der Waals surface area (Å²) in [6, 6.07) is 4.44. The van der Waals surface area contributed by atoms with Crippen LogP contribution < -0.4 is 10.6 Å². The lowest BCUT2D eigenvalue weighted by atomic mass is 10.1. The molecule has 114 valence electrons. The third-order valence-electron chi connectivity index (χ3n) is 3.77. The second-order valence-corrected chi connectivity index (χ2v) is 5.37. The minimum absolute atomic E-state index is 0.0956. The van der Waals surface area contributed by atoms with Crippen LogP contribution in [0.15, 0.2) is 18.2 Å². The molecular weight excluding hydrogens is 272 g/mol. The number of hydrogen-bond donors (Lipinski definition) is 2. The highest BCUT2D eigenvalue weighted by Gasteiger charge is 2.23. The molecule has 1 aliphatic rings. The number of nitrogens with zero attached hydrogens (tertiary/aromatic N) is 2. The minimum atomic E-state index is -0.530. The van der Waals surface area contributed by atoms with Crippen molar-refractivity contribution in [3.8, 4) is 0 Å². The third-order valence-corrected chi connectivity index (χ3v) is 3.77. The molecule has 0 saturated carbocycles. The van der Waals surface area contributed by atoms with Crippen molar-refractivity contribution in [2.24, 2.45) is 5.92 Å². The molecule has 7 heteroatoms. The summed E-state index contributed by atoms with van der Waals surface area (Å²) >= 11 is 0. The Kier molecular flexibility index (Phi) is 4.74. The molecule has 1 aromatic carbocycles. The van der Waals surface area contributed by atoms with Gasteiger partial charge in [0.15, 0.2) is 0 Å². The molecule has 1 heterocycles. The summed E-state index contributed by atoms with van der Waals surface area (Å²) in [5, 5.41) is 16.7. The Hall–Kier alpha value is -2.15. The standard InChI is InChI=1S/C14H20N4O3/c1-15-11-3-4-13(18(20)21)12(7-11)14(19)16-8-10-5-6-17(2)9-10/h3-4,7,10,15H,5-6,8-9H2,1-2H3,(H,16,19). The van der Waals surface area contributed by atoms with Gasteiger partial charge < -0.3 is 15.5 Å². The fourth-order valence-electron chi connectivity index (χ4n) is 2.56. The summed E-state index contributed by atoms with van der Waals surface area (Å²) in [4.78, 5) is 24.9. The Morgan fingerprint density at radius 3 is 2.86 bits per heavy atom. The summed E-state index contributed by atoms with van der Waals surface area (Å²) in [5.41, 5.74) is 0.597. The van der Waals surface area contributed by atoms with Gasteiger partial charge in [0.25, 0.3) is 11.6 Å². The Balaban J connectivity index is 2.08. The topological polar surface area (TPSA) is 87.5 Å². The maximum atomic E-state index is 12.2. The number of carbonyl (C=O) groups excluding carboxylic acids is 1. The van der Waals surface area contributed by atoms with Crippen LogP contribution in [0.25, 0.3) is 0 Å². The van der Waals surface area contributed by atoms with Gasteiger partial charge >= 0.3 is 0 Å². The molecule has 1 aliphatic heterocycles. The van der Waals surface area contributed by atoms with E-state index in [0.717, 1.165) is 19.5 Å². The van der Waals surface area contributed by atoms with Crippen LogP contribution >= 0.6 is 0 Å². The second kappa shape index (κ2) is 6.53. The van der Waals surface area contributed by atoms with Crippen LogP contribution in [-0.4, -0.2) is 49.5 Å². The van der Waals surface area contributed by atoms with Crippen molar-refractivity contribution in [2.75, 3.05) is 39.0 Å². The van der Waals surface area contributed by atoms with Crippen LogP contribution in [0.1, 0.15) is 16.8 Å². The molecule has 0 radical (unpaired) electrons. The van der Waals surface area contributed by atoms with Gasteiger partial charge in [0.2, 0.25) is 0 Å². The molecule has 1 atom stereocenters. The van der Waals surface area contributed by atoms with Gasteiger partial charge in [-0.3, -0.25) is 14.9 Å². The van der Waals surface area contributed by atoms with Gasteiger partial charge in [-0.2, -0.15) is 0 Å². The van der Waals surface area contributed by atoms with Crippen LogP contribution in [0.3, 0.4) is 0 Å². The predicted octanol–water partition coefficient (Wildman–Crippen LogP) is 1.32. The molecule has 1 aromatic rings. The van der Waals surface area contributed by atoms with E-state index < -0.39 is 10.8 Å². The highest BCUT2D eigenvalue weighted by Crippen LogP contribution is 2.22. The first-order valence-corrected chi connectivity index (χ1v) is 6.94. The first-order chi connectivity index (χ1) is 10.0. The van der Waals surface area contributed by atoms with E-state index >= 15 is 0 Å². The number of nitro benzene ring substituents is 1. The molecule has 1 fully saturated rings. The lowest BCUT2D eigenvalue weighted by Crippen LogP contribution is -2.30. The summed E-state index contributed by atoms with van der Waals surface area (Å²) in [7, 11) is 3.75. The number of anilines is 1. The van der Waals surface area contributed by atoms with Crippen LogP contribution in [0, 0.1) is 16.0 Å². The average Bonchev–Trinajstić information content (AvgIpc) is 2.89. The fourth-order valence-corrected chi connectivity index (χ4v) is 2.56. The quantitative estimate of drug-likeness (QED) is 0.631. The monoisotopic (exact) mass is 292 g/mol. The normalized spacial score (nSPS) is 18.5. The number of hydrogen-bond acceptors (Lipinski definition) is 5. The smallest absolute Gasteiger partial charge is 0.282 e. The Labute approximate surface area is 123 Å². The first kappa shape index (κ1) is 15.2. The maximum absolute atomic E-state index is 12.2. The molecule has 1 saturated heterocycles. The number of rotatable bonds is 5. The molecule has 2 rings (SSSR count). The van der Waals surface area contributed by atoms with E-state index in [1.807, 2.05) is 7.05 Å². The number of nitrogens with one attached hydrogen (secondary N) is 2. The molecule has 0 spiro atoms. The van der Waals surface area contributed by atoms with Crippen molar-refractivity contribution in [2.45, 2.75) is 6.42 Å². The molecule has 1 amide bonds. The molecule has 7 nitrogen and oxygen atoms in total. The SMILES string of the molecule is CNc1ccc([N+](=O)[O-])c(C(=O)NCC2CCN(C)C2)c1. The van der Waals surface area contributed by atoms with Crippen LogP contribution in [0.5, 0.6) is 0 Å². The van der Waals surface area contributed by atoms with Crippen molar-refractivity contribution in [1.29, 1.82) is 0 Å². The van der Waals surface area contributed by atoms with Crippen molar-refractivity contribution in [3.63, 3.8) is 0 Å². The van der Waals surface area contributed by atoms with Crippen molar-refractivity contribution in [3.05, 3.63) is 33.9 Å². The van der Waals surface area contributed by atoms with E-state index in [-0.39, 0.29) is 11.3 Å². The summed E-state index contributed by atoms with van der Waals surface area (Å²) < 4.78 is 0. The first-order valence-electron chi connectivity index (χ1n) is 6.94. The van der Waals surface area contributed by atoms with E-state index in [1.165, 1.54) is 12.1 Å². The molecule has 0 bridgehead atoms. The number of nitro groups is 1. The molecule has 2 N–H and O–H groups in total. The summed E-state index contributed by atoms with van der Waals surface area (Å²) in [6.45, 7) is 2.51. The fraction of sp³-hybridized carbons (Fsp3) is 0.500. The zero-order valence-electron chi connectivity index (χ0n) is 12.3. The zero-order valence-corrected chi connectivity index (χ0v) is 12.3. The third kappa shape index (κ3) is 3.69. The molecule has 0 aromatic heterocycles. The van der Waals surface area contributed by atoms with Crippen molar-refractivity contribution in [1.82, 2.24) is 10.2 Å². The zero-order chi connectivity index (χ0) is 15.4. The van der Waals surface area contributed by atoms with Gasteiger partial charge in [0.05, 0.1) is 4.92 Å². The Morgan fingerprint density at radius 1 is 1.52 bits per heavy atom. The van der Waals surface area contributed by atoms with Crippen molar-refractivity contribution >= 4 is 17.3 Å². The number of likely N-dealkylation sites (tertiary alicyclic amines) is 1. The van der Waals surface area contributed by atoms with Crippen LogP contribution in [-0.2, 0) is 0 Å². The van der Waals surface area contributed by atoms with Crippen LogP contribution in [0.4, 0.5) is 11.4 Å². The predicted molar refractivity (Wildman–Crippen MR) is 80.6 cm³/mol. The van der Waals surface area contributed by atoms with Gasteiger partial charge in [-0.15, -0.1) is 0 Å². The highest BCUT2D eigenvalue weighted by molar-refractivity contribution is 5.99. The van der Waals surface area contributed by atoms with Gasteiger partial charge in [-0.1, -0.05) is 0 Å². The van der Waals surface area contributed by atoms with Gasteiger partial charge in [0.1, 0.15) is 5.56 Å². The van der Waals surface area contributed by atoms with E-state index in [1.54, 1.807) is 13.1 Å². The minimum Gasteiger partial charge on any atom is -0.388 e. The summed E-state index contributed by atoms with van der Waals surface area (Å²) in [5.74, 6) is 0.0128. The van der Waals surface area contributed by atoms with E-state index in [2.05, 4.69) is 15.5 Å². The van der Waals surface area contributed by atoms with Crippen molar-refractivity contribution < 1.29 is 9.72 Å².